The quantitative estimate of drug-likeness (QED) is 0.512. The maximum atomic E-state index is 11.9. The Kier molecular flexibility index (Phi) is 5.67. The van der Waals surface area contributed by atoms with Gasteiger partial charge in [0.05, 0.1) is 12.1 Å². The predicted octanol–water partition coefficient (Wildman–Crippen LogP) is 1.82. The van der Waals surface area contributed by atoms with Crippen molar-refractivity contribution in [3.8, 4) is 0 Å². The second-order valence-electron chi connectivity index (χ2n) is 5.76. The molecule has 1 aliphatic rings. The minimum absolute atomic E-state index is 0.222. The van der Waals surface area contributed by atoms with E-state index in [1.54, 1.807) is 20.8 Å². The number of hydroxylamine groups is 1. The molecule has 0 spiro atoms. The number of carbonyl (C=O) groups excluding carboxylic acids is 2. The standard InChI is InChI=1S/C12H23N3O4S/c1-5-8-13-9(16)12(6-7-12)15(18)20-14-10(17)19-11(2,3)4/h18H,5-8H2,1-4H3,(H,13,16)(H,14,17). The average Bonchev–Trinajstić information content (AvgIpc) is 3.12. The lowest BCUT2D eigenvalue weighted by Gasteiger charge is -2.24. The number of hydrogen-bond acceptors (Lipinski definition) is 6. The van der Waals surface area contributed by atoms with Crippen LogP contribution in [0.2, 0.25) is 0 Å². The molecule has 116 valence electrons. The number of hydrogen-bond donors (Lipinski definition) is 3. The first-order valence-corrected chi connectivity index (χ1v) is 7.42. The first-order chi connectivity index (χ1) is 9.21. The van der Waals surface area contributed by atoms with Crippen LogP contribution in [-0.2, 0) is 9.53 Å². The van der Waals surface area contributed by atoms with Crippen LogP contribution in [0.25, 0.3) is 0 Å². The maximum Gasteiger partial charge on any atom is 0.418 e. The van der Waals surface area contributed by atoms with Gasteiger partial charge in [0.25, 0.3) is 0 Å². The molecule has 0 unspecified atom stereocenters. The van der Waals surface area contributed by atoms with E-state index in [1.807, 2.05) is 6.92 Å². The summed E-state index contributed by atoms with van der Waals surface area (Å²) >= 11 is 0.660. The third-order valence-electron chi connectivity index (χ3n) is 2.66. The van der Waals surface area contributed by atoms with Crippen molar-refractivity contribution in [1.82, 2.24) is 14.5 Å². The summed E-state index contributed by atoms with van der Waals surface area (Å²) in [5.41, 5.74) is -1.55. The zero-order valence-corrected chi connectivity index (χ0v) is 13.2. The van der Waals surface area contributed by atoms with Crippen molar-refractivity contribution < 1.29 is 19.5 Å². The van der Waals surface area contributed by atoms with Crippen LogP contribution in [0.5, 0.6) is 0 Å². The molecule has 0 aromatic carbocycles. The molecule has 1 aliphatic carbocycles. The highest BCUT2D eigenvalue weighted by molar-refractivity contribution is 7.95. The van der Waals surface area contributed by atoms with Crippen LogP contribution in [0, 0.1) is 0 Å². The summed E-state index contributed by atoms with van der Waals surface area (Å²) in [6, 6.07) is 0. The molecular weight excluding hydrogens is 282 g/mol. The van der Waals surface area contributed by atoms with Crippen LogP contribution in [0.3, 0.4) is 0 Å². The van der Waals surface area contributed by atoms with Crippen molar-refractivity contribution in [2.24, 2.45) is 0 Å². The molecule has 0 radical (unpaired) electrons. The summed E-state index contributed by atoms with van der Waals surface area (Å²) < 4.78 is 8.18. The van der Waals surface area contributed by atoms with E-state index in [4.69, 9.17) is 4.74 Å². The van der Waals surface area contributed by atoms with Crippen molar-refractivity contribution in [3.05, 3.63) is 0 Å². The summed E-state index contributed by atoms with van der Waals surface area (Å²) in [5, 5.41) is 12.7. The van der Waals surface area contributed by atoms with Gasteiger partial charge in [-0.05, 0) is 40.0 Å². The number of rotatable bonds is 6. The van der Waals surface area contributed by atoms with E-state index in [2.05, 4.69) is 10.0 Å². The Bertz CT molecular complexity index is 366. The highest BCUT2D eigenvalue weighted by Crippen LogP contribution is 2.43. The van der Waals surface area contributed by atoms with Gasteiger partial charge in [0.15, 0.2) is 0 Å². The summed E-state index contributed by atoms with van der Waals surface area (Å²) in [5.74, 6) is -0.222. The van der Waals surface area contributed by atoms with Crippen molar-refractivity contribution in [2.75, 3.05) is 6.54 Å². The number of nitrogens with one attached hydrogen (secondary N) is 2. The van der Waals surface area contributed by atoms with Gasteiger partial charge in [0.1, 0.15) is 11.1 Å². The smallest absolute Gasteiger partial charge is 0.418 e. The van der Waals surface area contributed by atoms with Gasteiger partial charge in [-0.3, -0.25) is 4.79 Å². The third kappa shape index (κ3) is 4.84. The molecule has 0 bridgehead atoms. The minimum Gasteiger partial charge on any atom is -0.443 e. The van der Waals surface area contributed by atoms with Crippen molar-refractivity contribution in [2.45, 2.75) is 58.1 Å². The monoisotopic (exact) mass is 305 g/mol. The van der Waals surface area contributed by atoms with Gasteiger partial charge in [-0.2, -0.15) is 0 Å². The van der Waals surface area contributed by atoms with E-state index in [0.717, 1.165) is 10.9 Å². The molecular formula is C12H23N3O4S. The van der Waals surface area contributed by atoms with Gasteiger partial charge in [-0.25, -0.2) is 9.52 Å². The SMILES string of the molecule is CCCNC(=O)C1(N(O)SNC(=O)OC(C)(C)C)CC1. The lowest BCUT2D eigenvalue weighted by atomic mass is 10.2. The van der Waals surface area contributed by atoms with Crippen LogP contribution < -0.4 is 10.0 Å². The van der Waals surface area contributed by atoms with Crippen LogP contribution in [0.4, 0.5) is 4.79 Å². The highest BCUT2D eigenvalue weighted by atomic mass is 32.2. The molecule has 20 heavy (non-hydrogen) atoms. The van der Waals surface area contributed by atoms with Gasteiger partial charge in [-0.15, -0.1) is 0 Å². The van der Waals surface area contributed by atoms with Crippen LogP contribution in [0.1, 0.15) is 47.0 Å². The van der Waals surface area contributed by atoms with E-state index < -0.39 is 17.2 Å². The van der Waals surface area contributed by atoms with E-state index >= 15 is 0 Å². The van der Waals surface area contributed by atoms with Crippen LogP contribution in [0.15, 0.2) is 0 Å². The molecule has 7 nitrogen and oxygen atoms in total. The van der Waals surface area contributed by atoms with E-state index in [0.29, 0.717) is 31.5 Å². The first-order valence-electron chi connectivity index (χ1n) is 6.64. The molecule has 0 aromatic rings. The topological polar surface area (TPSA) is 90.9 Å². The second kappa shape index (κ2) is 6.64. The molecule has 1 rings (SSSR count). The van der Waals surface area contributed by atoms with Gasteiger partial charge in [0.2, 0.25) is 5.91 Å². The van der Waals surface area contributed by atoms with Crippen LogP contribution in [-0.4, -0.2) is 39.4 Å². The highest BCUT2D eigenvalue weighted by Gasteiger charge is 2.55. The minimum atomic E-state index is -0.936. The fourth-order valence-electron chi connectivity index (χ4n) is 1.49. The van der Waals surface area contributed by atoms with Gasteiger partial charge < -0.3 is 15.3 Å². The number of amides is 2. The second-order valence-corrected chi connectivity index (χ2v) is 6.49. The Morgan fingerprint density at radius 3 is 2.45 bits per heavy atom. The Morgan fingerprint density at radius 2 is 2.00 bits per heavy atom. The molecule has 3 N–H and O–H groups in total. The summed E-state index contributed by atoms with van der Waals surface area (Å²) in [7, 11) is 0. The lowest BCUT2D eigenvalue weighted by molar-refractivity contribution is -0.136. The third-order valence-corrected chi connectivity index (χ3v) is 3.44. The molecule has 0 saturated heterocycles. The maximum absolute atomic E-state index is 11.9. The van der Waals surface area contributed by atoms with Gasteiger partial charge in [0, 0.05) is 6.54 Å². The Morgan fingerprint density at radius 1 is 1.40 bits per heavy atom. The number of nitrogens with zero attached hydrogens (tertiary/aromatic N) is 1. The van der Waals surface area contributed by atoms with Crippen LogP contribution >= 0.6 is 12.1 Å². The van der Waals surface area contributed by atoms with Crippen molar-refractivity contribution in [1.29, 1.82) is 0 Å². The van der Waals surface area contributed by atoms with Crippen molar-refractivity contribution >= 4 is 24.1 Å². The summed E-state index contributed by atoms with van der Waals surface area (Å²) in [6.07, 6.45) is 1.28. The molecule has 0 heterocycles. The zero-order chi connectivity index (χ0) is 15.4. The molecule has 0 aliphatic heterocycles. The summed E-state index contributed by atoms with van der Waals surface area (Å²) in [6.45, 7) is 7.76. The van der Waals surface area contributed by atoms with Gasteiger partial charge >= 0.3 is 6.09 Å². The normalized spacial score (nSPS) is 16.7. The Labute approximate surface area is 123 Å². The van der Waals surface area contributed by atoms with E-state index in [-0.39, 0.29) is 5.91 Å². The largest absolute Gasteiger partial charge is 0.443 e. The van der Waals surface area contributed by atoms with Crippen molar-refractivity contribution in [3.63, 3.8) is 0 Å². The molecule has 0 aromatic heterocycles. The fraction of sp³-hybridized carbons (Fsp3) is 0.833. The predicted molar refractivity (Wildman–Crippen MR) is 75.9 cm³/mol. The Balaban J connectivity index is 2.41. The average molecular weight is 305 g/mol. The summed E-state index contributed by atoms with van der Waals surface area (Å²) in [4.78, 5) is 23.4. The molecule has 0 atom stereocenters. The number of ether oxygens (including phenoxy) is 1. The Hall–Kier alpha value is -0.990. The first kappa shape index (κ1) is 17.1. The fourth-order valence-corrected chi connectivity index (χ4v) is 2.14. The molecule has 8 heteroatoms. The molecule has 1 fully saturated rings. The molecule has 2 amide bonds. The zero-order valence-electron chi connectivity index (χ0n) is 12.4. The van der Waals surface area contributed by atoms with E-state index in [1.165, 1.54) is 0 Å². The lowest BCUT2D eigenvalue weighted by Crippen LogP contribution is -2.46. The van der Waals surface area contributed by atoms with Gasteiger partial charge in [-0.1, -0.05) is 11.4 Å². The van der Waals surface area contributed by atoms with E-state index in [9.17, 15) is 14.8 Å². The molecule has 1 saturated carbocycles. The number of carbonyl (C=O) groups is 2.